The molecular weight excluding hydrogens is 370 g/mol. The third kappa shape index (κ3) is 3.66. The molecule has 140 valence electrons. The van der Waals surface area contributed by atoms with E-state index in [1.165, 1.54) is 0 Å². The van der Waals surface area contributed by atoms with Crippen LogP contribution in [0.1, 0.15) is 11.5 Å². The lowest BCUT2D eigenvalue weighted by Gasteiger charge is -2.16. The van der Waals surface area contributed by atoms with Crippen LogP contribution in [0.5, 0.6) is 11.5 Å². The Morgan fingerprint density at radius 2 is 1.50 bits per heavy atom. The number of Topliss-reactive ketones (excluding diaryl/α,β-unsaturated/α-hetero) is 1. The zero-order valence-corrected chi connectivity index (χ0v) is 16.2. The lowest BCUT2D eigenvalue weighted by molar-refractivity contribution is -0.123. The molecule has 1 fully saturated rings. The number of anilines is 1. The molecule has 4 rings (SSSR count). The molecule has 1 atom stereocenters. The molecule has 3 aromatic carbocycles. The van der Waals surface area contributed by atoms with Crippen LogP contribution >= 0.6 is 11.8 Å². The van der Waals surface area contributed by atoms with E-state index in [9.17, 15) is 9.59 Å². The Balaban J connectivity index is 1.52. The van der Waals surface area contributed by atoms with E-state index >= 15 is 0 Å². The van der Waals surface area contributed by atoms with E-state index in [0.29, 0.717) is 11.3 Å². The monoisotopic (exact) mass is 389 g/mol. The van der Waals surface area contributed by atoms with Gasteiger partial charge in [0.25, 0.3) is 0 Å². The predicted molar refractivity (Wildman–Crippen MR) is 111 cm³/mol. The zero-order valence-electron chi connectivity index (χ0n) is 15.4. The lowest BCUT2D eigenvalue weighted by atomic mass is 9.97. The van der Waals surface area contributed by atoms with Gasteiger partial charge in [-0.2, -0.15) is 0 Å². The van der Waals surface area contributed by atoms with Crippen LogP contribution in [0, 0.1) is 0 Å². The average Bonchev–Trinajstić information content (AvgIpc) is 3.03. The number of benzene rings is 3. The highest BCUT2D eigenvalue weighted by Crippen LogP contribution is 2.32. The molecule has 1 amide bonds. The number of para-hydroxylation sites is 1. The van der Waals surface area contributed by atoms with Gasteiger partial charge in [0.15, 0.2) is 5.78 Å². The molecule has 1 saturated heterocycles. The van der Waals surface area contributed by atoms with Gasteiger partial charge in [-0.15, -0.1) is 11.8 Å². The molecule has 0 radical (unpaired) electrons. The summed E-state index contributed by atoms with van der Waals surface area (Å²) in [7, 11) is 0. The molecule has 0 aromatic heterocycles. The normalized spacial score (nSPS) is 16.5. The van der Waals surface area contributed by atoms with Crippen molar-refractivity contribution in [1.82, 2.24) is 0 Å². The van der Waals surface area contributed by atoms with Crippen LogP contribution in [0.4, 0.5) is 5.69 Å². The molecule has 1 aliphatic rings. The molecule has 28 heavy (non-hydrogen) atoms. The standard InChI is InChI=1S/C23H19NO3S/c1-28-20-13-9-17(10-14-20)24-15-21(25)22(23(24)26)16-7-11-19(12-8-16)27-18-5-3-2-4-6-18/h2-14,22H,15H2,1H3. The van der Waals surface area contributed by atoms with E-state index in [0.717, 1.165) is 16.3 Å². The van der Waals surface area contributed by atoms with Crippen LogP contribution in [0.25, 0.3) is 0 Å². The number of carbonyl (C=O) groups is 2. The fraction of sp³-hybridized carbons (Fsp3) is 0.130. The molecule has 1 unspecified atom stereocenters. The third-order valence-corrected chi connectivity index (χ3v) is 5.47. The summed E-state index contributed by atoms with van der Waals surface area (Å²) in [5.74, 6) is 0.376. The Bertz CT molecular complexity index is 985. The highest BCUT2D eigenvalue weighted by Gasteiger charge is 2.40. The maximum atomic E-state index is 12.9. The summed E-state index contributed by atoms with van der Waals surface area (Å²) < 4.78 is 5.78. The number of nitrogens with zero attached hydrogens (tertiary/aromatic N) is 1. The van der Waals surface area contributed by atoms with Gasteiger partial charge in [-0.25, -0.2) is 0 Å². The van der Waals surface area contributed by atoms with Gasteiger partial charge in [0.1, 0.15) is 17.4 Å². The lowest BCUT2D eigenvalue weighted by Crippen LogP contribution is -2.26. The highest BCUT2D eigenvalue weighted by molar-refractivity contribution is 7.98. The van der Waals surface area contributed by atoms with Gasteiger partial charge >= 0.3 is 0 Å². The van der Waals surface area contributed by atoms with E-state index in [-0.39, 0.29) is 18.2 Å². The summed E-state index contributed by atoms with van der Waals surface area (Å²) in [4.78, 5) is 28.2. The minimum atomic E-state index is -0.758. The Hall–Kier alpha value is -3.05. The van der Waals surface area contributed by atoms with Gasteiger partial charge in [-0.1, -0.05) is 30.3 Å². The maximum absolute atomic E-state index is 12.9. The fourth-order valence-corrected chi connectivity index (χ4v) is 3.69. The minimum absolute atomic E-state index is 0.0873. The fourth-order valence-electron chi connectivity index (χ4n) is 3.28. The number of rotatable bonds is 5. The van der Waals surface area contributed by atoms with E-state index in [2.05, 4.69) is 0 Å². The summed E-state index contributed by atoms with van der Waals surface area (Å²) in [5.41, 5.74) is 1.45. The van der Waals surface area contributed by atoms with Crippen LogP contribution in [0.15, 0.2) is 83.8 Å². The Morgan fingerprint density at radius 3 is 2.14 bits per heavy atom. The molecular formula is C23H19NO3S. The van der Waals surface area contributed by atoms with Crippen molar-refractivity contribution >= 4 is 29.1 Å². The first-order valence-electron chi connectivity index (χ1n) is 8.97. The summed E-state index contributed by atoms with van der Waals surface area (Å²) in [6.07, 6.45) is 2.00. The van der Waals surface area contributed by atoms with Gasteiger partial charge in [0.2, 0.25) is 5.91 Å². The molecule has 5 heteroatoms. The molecule has 0 aliphatic carbocycles. The number of amides is 1. The summed E-state index contributed by atoms with van der Waals surface area (Å²) in [6.45, 7) is 0.102. The molecule has 0 bridgehead atoms. The number of hydrogen-bond acceptors (Lipinski definition) is 4. The van der Waals surface area contributed by atoms with E-state index in [4.69, 9.17) is 4.74 Å². The van der Waals surface area contributed by atoms with Gasteiger partial charge in [0.05, 0.1) is 6.54 Å². The zero-order chi connectivity index (χ0) is 19.5. The van der Waals surface area contributed by atoms with Crippen molar-refractivity contribution in [3.8, 4) is 11.5 Å². The van der Waals surface area contributed by atoms with Crippen molar-refractivity contribution in [2.75, 3.05) is 17.7 Å². The van der Waals surface area contributed by atoms with Gasteiger partial charge in [0, 0.05) is 10.6 Å². The summed E-state index contributed by atoms with van der Waals surface area (Å²) in [6, 6.07) is 24.3. The second kappa shape index (κ2) is 7.90. The van der Waals surface area contributed by atoms with E-state index < -0.39 is 5.92 Å². The Kier molecular flexibility index (Phi) is 5.17. The summed E-state index contributed by atoms with van der Waals surface area (Å²) in [5, 5.41) is 0. The van der Waals surface area contributed by atoms with Crippen molar-refractivity contribution in [2.45, 2.75) is 10.8 Å². The number of thioether (sulfide) groups is 1. The maximum Gasteiger partial charge on any atom is 0.242 e. The first-order chi connectivity index (χ1) is 13.7. The first kappa shape index (κ1) is 18.3. The quantitative estimate of drug-likeness (QED) is 0.460. The van der Waals surface area contributed by atoms with Gasteiger partial charge in [-0.3, -0.25) is 9.59 Å². The molecule has 4 nitrogen and oxygen atoms in total. The Morgan fingerprint density at radius 1 is 0.857 bits per heavy atom. The van der Waals surface area contributed by atoms with Crippen LogP contribution in [-0.4, -0.2) is 24.5 Å². The van der Waals surface area contributed by atoms with Crippen molar-refractivity contribution in [1.29, 1.82) is 0 Å². The van der Waals surface area contributed by atoms with Crippen LogP contribution < -0.4 is 9.64 Å². The number of carbonyl (C=O) groups excluding carboxylic acids is 2. The molecule has 3 aromatic rings. The highest BCUT2D eigenvalue weighted by atomic mass is 32.2. The van der Waals surface area contributed by atoms with Crippen LogP contribution in [0.3, 0.4) is 0 Å². The average molecular weight is 389 g/mol. The minimum Gasteiger partial charge on any atom is -0.457 e. The molecule has 1 aliphatic heterocycles. The summed E-state index contributed by atoms with van der Waals surface area (Å²) >= 11 is 1.64. The van der Waals surface area contributed by atoms with Crippen molar-refractivity contribution in [3.05, 3.63) is 84.4 Å². The van der Waals surface area contributed by atoms with Crippen LogP contribution in [-0.2, 0) is 9.59 Å². The van der Waals surface area contributed by atoms with E-state index in [1.54, 1.807) is 40.9 Å². The van der Waals surface area contributed by atoms with Crippen LogP contribution in [0.2, 0.25) is 0 Å². The second-order valence-electron chi connectivity index (χ2n) is 6.51. The Labute approximate surface area is 168 Å². The van der Waals surface area contributed by atoms with Crippen molar-refractivity contribution in [2.24, 2.45) is 0 Å². The molecule has 1 heterocycles. The topological polar surface area (TPSA) is 46.6 Å². The number of ether oxygens (including phenoxy) is 1. The SMILES string of the molecule is CSc1ccc(N2CC(=O)C(c3ccc(Oc4ccccc4)cc3)C2=O)cc1. The molecule has 0 N–H and O–H groups in total. The van der Waals surface area contributed by atoms with Crippen molar-refractivity contribution in [3.63, 3.8) is 0 Å². The van der Waals surface area contributed by atoms with Gasteiger partial charge < -0.3 is 9.64 Å². The second-order valence-corrected chi connectivity index (χ2v) is 7.39. The van der Waals surface area contributed by atoms with E-state index in [1.807, 2.05) is 60.9 Å². The molecule has 0 spiro atoms. The van der Waals surface area contributed by atoms with Crippen molar-refractivity contribution < 1.29 is 14.3 Å². The predicted octanol–water partition coefficient (Wildman–Crippen LogP) is 4.90. The largest absolute Gasteiger partial charge is 0.457 e. The number of ketones is 1. The number of hydrogen-bond donors (Lipinski definition) is 0. The smallest absolute Gasteiger partial charge is 0.242 e. The van der Waals surface area contributed by atoms with Gasteiger partial charge in [-0.05, 0) is 60.4 Å². The third-order valence-electron chi connectivity index (χ3n) is 4.73. The molecule has 0 saturated carbocycles. The first-order valence-corrected chi connectivity index (χ1v) is 10.2.